The summed E-state index contributed by atoms with van der Waals surface area (Å²) in [7, 11) is 1.84. The van der Waals surface area contributed by atoms with Crippen molar-refractivity contribution in [2.24, 2.45) is 16.6 Å². The van der Waals surface area contributed by atoms with Gasteiger partial charge < -0.3 is 21.6 Å². The van der Waals surface area contributed by atoms with Crippen molar-refractivity contribution in [1.29, 1.82) is 0 Å². The zero-order chi connectivity index (χ0) is 13.7. The summed E-state index contributed by atoms with van der Waals surface area (Å²) in [6.45, 7) is 1.92. The van der Waals surface area contributed by atoms with Crippen molar-refractivity contribution < 1.29 is 10.0 Å². The standard InChI is InChI=1S/C11H17N5O2/c1-7(5-10(12)15-18)16(2)8-3-4-14-9(6-8)11(13)17/h3-4,6-7,18H,5H2,1-2H3,(H2,12,15)(H2,13,17). The molecule has 1 amide bonds. The molecular weight excluding hydrogens is 234 g/mol. The molecule has 98 valence electrons. The first-order chi connectivity index (χ1) is 8.45. The molecule has 0 saturated heterocycles. The molecule has 0 spiro atoms. The lowest BCUT2D eigenvalue weighted by Gasteiger charge is -2.26. The lowest BCUT2D eigenvalue weighted by molar-refractivity contribution is 0.0995. The molecule has 7 nitrogen and oxygen atoms in total. The Bertz CT molecular complexity index is 461. The number of aromatic nitrogens is 1. The number of amidine groups is 1. The van der Waals surface area contributed by atoms with E-state index in [1.165, 1.54) is 6.20 Å². The van der Waals surface area contributed by atoms with Gasteiger partial charge in [-0.15, -0.1) is 0 Å². The van der Waals surface area contributed by atoms with Gasteiger partial charge in [-0.3, -0.25) is 9.78 Å². The molecule has 0 aromatic carbocycles. The fourth-order valence-electron chi connectivity index (χ4n) is 1.51. The van der Waals surface area contributed by atoms with Gasteiger partial charge >= 0.3 is 0 Å². The zero-order valence-electron chi connectivity index (χ0n) is 10.4. The minimum absolute atomic E-state index is 0.00373. The van der Waals surface area contributed by atoms with Gasteiger partial charge in [0.15, 0.2) is 0 Å². The first kappa shape index (κ1) is 13.8. The molecule has 5 N–H and O–H groups in total. The van der Waals surface area contributed by atoms with E-state index in [1.54, 1.807) is 12.1 Å². The minimum Gasteiger partial charge on any atom is -0.409 e. The Morgan fingerprint density at radius 3 is 2.83 bits per heavy atom. The molecule has 0 radical (unpaired) electrons. The van der Waals surface area contributed by atoms with Crippen LogP contribution in [0.2, 0.25) is 0 Å². The largest absolute Gasteiger partial charge is 0.409 e. The number of carbonyl (C=O) groups is 1. The van der Waals surface area contributed by atoms with E-state index in [1.807, 2.05) is 18.9 Å². The van der Waals surface area contributed by atoms with Crippen molar-refractivity contribution in [2.75, 3.05) is 11.9 Å². The Hall–Kier alpha value is -2.31. The van der Waals surface area contributed by atoms with Crippen molar-refractivity contribution in [1.82, 2.24) is 4.98 Å². The van der Waals surface area contributed by atoms with Gasteiger partial charge in [-0.05, 0) is 19.1 Å². The van der Waals surface area contributed by atoms with Crippen molar-refractivity contribution >= 4 is 17.4 Å². The molecule has 1 atom stereocenters. The SMILES string of the molecule is CC(CC(N)=NO)N(C)c1ccnc(C(N)=O)c1. The molecule has 18 heavy (non-hydrogen) atoms. The van der Waals surface area contributed by atoms with E-state index >= 15 is 0 Å². The number of primary amides is 1. The Kier molecular flexibility index (Phi) is 4.47. The van der Waals surface area contributed by atoms with Crippen LogP contribution in [0, 0.1) is 0 Å². The quantitative estimate of drug-likeness (QED) is 0.298. The highest BCUT2D eigenvalue weighted by atomic mass is 16.4. The summed E-state index contributed by atoms with van der Waals surface area (Å²) < 4.78 is 0. The lowest BCUT2D eigenvalue weighted by Crippen LogP contribution is -2.33. The van der Waals surface area contributed by atoms with Crippen molar-refractivity contribution in [3.63, 3.8) is 0 Å². The second kappa shape index (κ2) is 5.85. The number of oxime groups is 1. The van der Waals surface area contributed by atoms with Crippen molar-refractivity contribution in [3.05, 3.63) is 24.0 Å². The molecule has 0 fully saturated rings. The van der Waals surface area contributed by atoms with Crippen LogP contribution in [0.3, 0.4) is 0 Å². The second-order valence-corrected chi connectivity index (χ2v) is 4.02. The number of rotatable bonds is 5. The van der Waals surface area contributed by atoms with E-state index in [2.05, 4.69) is 10.1 Å². The molecule has 0 aliphatic carbocycles. The predicted molar refractivity (Wildman–Crippen MR) is 68.6 cm³/mol. The highest BCUT2D eigenvalue weighted by Gasteiger charge is 2.13. The minimum atomic E-state index is -0.575. The van der Waals surface area contributed by atoms with Gasteiger partial charge in [0.05, 0.1) is 0 Å². The van der Waals surface area contributed by atoms with Crippen LogP contribution in [-0.4, -0.2) is 35.0 Å². The second-order valence-electron chi connectivity index (χ2n) is 4.02. The van der Waals surface area contributed by atoms with Gasteiger partial charge in [0.25, 0.3) is 5.91 Å². The molecule has 1 aromatic heterocycles. The molecule has 0 aliphatic heterocycles. The topological polar surface area (TPSA) is 118 Å². The van der Waals surface area contributed by atoms with Crippen LogP contribution in [0.15, 0.2) is 23.5 Å². The number of anilines is 1. The van der Waals surface area contributed by atoms with Gasteiger partial charge in [-0.1, -0.05) is 5.16 Å². The van der Waals surface area contributed by atoms with Gasteiger partial charge in [-0.25, -0.2) is 0 Å². The Morgan fingerprint density at radius 2 is 2.28 bits per heavy atom. The van der Waals surface area contributed by atoms with Crippen molar-refractivity contribution in [3.8, 4) is 0 Å². The summed E-state index contributed by atoms with van der Waals surface area (Å²) in [4.78, 5) is 16.8. The summed E-state index contributed by atoms with van der Waals surface area (Å²) in [5.41, 5.74) is 11.6. The van der Waals surface area contributed by atoms with Crippen LogP contribution in [0.5, 0.6) is 0 Å². The molecular formula is C11H17N5O2. The van der Waals surface area contributed by atoms with Crippen LogP contribution >= 0.6 is 0 Å². The van der Waals surface area contributed by atoms with E-state index in [0.29, 0.717) is 6.42 Å². The Balaban J connectivity index is 2.86. The summed E-state index contributed by atoms with van der Waals surface area (Å²) >= 11 is 0. The summed E-state index contributed by atoms with van der Waals surface area (Å²) in [5.74, 6) is -0.423. The fourth-order valence-corrected chi connectivity index (χ4v) is 1.51. The third-order valence-corrected chi connectivity index (χ3v) is 2.70. The van der Waals surface area contributed by atoms with E-state index in [0.717, 1.165) is 5.69 Å². The molecule has 0 saturated carbocycles. The number of carbonyl (C=O) groups excluding carboxylic acids is 1. The maximum Gasteiger partial charge on any atom is 0.267 e. The summed E-state index contributed by atoms with van der Waals surface area (Å²) in [6.07, 6.45) is 1.92. The maximum atomic E-state index is 11.0. The smallest absolute Gasteiger partial charge is 0.267 e. The van der Waals surface area contributed by atoms with Gasteiger partial charge in [0.1, 0.15) is 11.5 Å². The van der Waals surface area contributed by atoms with Crippen molar-refractivity contribution in [2.45, 2.75) is 19.4 Å². The monoisotopic (exact) mass is 251 g/mol. The van der Waals surface area contributed by atoms with Gasteiger partial charge in [-0.2, -0.15) is 0 Å². The first-order valence-electron chi connectivity index (χ1n) is 5.40. The number of nitrogens with two attached hydrogens (primary N) is 2. The number of hydrogen-bond acceptors (Lipinski definition) is 5. The Morgan fingerprint density at radius 1 is 1.61 bits per heavy atom. The van der Waals surface area contributed by atoms with Gasteiger partial charge in [0, 0.05) is 31.4 Å². The molecule has 1 aromatic rings. The van der Waals surface area contributed by atoms with E-state index in [9.17, 15) is 4.79 Å². The van der Waals surface area contributed by atoms with Crippen LogP contribution in [0.4, 0.5) is 5.69 Å². The number of pyridine rings is 1. The Labute approximate surface area is 105 Å². The molecule has 1 unspecified atom stereocenters. The first-order valence-corrected chi connectivity index (χ1v) is 5.40. The van der Waals surface area contributed by atoms with E-state index < -0.39 is 5.91 Å². The van der Waals surface area contributed by atoms with Crippen LogP contribution in [-0.2, 0) is 0 Å². The maximum absolute atomic E-state index is 11.0. The molecule has 1 heterocycles. The molecule has 1 rings (SSSR count). The third-order valence-electron chi connectivity index (χ3n) is 2.70. The normalized spacial score (nSPS) is 13.1. The average molecular weight is 251 g/mol. The number of amides is 1. The molecule has 7 heteroatoms. The average Bonchev–Trinajstić information content (AvgIpc) is 2.37. The molecule has 0 aliphatic rings. The fraction of sp³-hybridized carbons (Fsp3) is 0.364. The van der Waals surface area contributed by atoms with E-state index in [-0.39, 0.29) is 17.6 Å². The summed E-state index contributed by atoms with van der Waals surface area (Å²) in [5, 5.41) is 11.5. The predicted octanol–water partition coefficient (Wildman–Crippen LogP) is 0.142. The number of nitrogens with zero attached hydrogens (tertiary/aromatic N) is 3. The third kappa shape index (κ3) is 3.34. The highest BCUT2D eigenvalue weighted by molar-refractivity contribution is 5.91. The zero-order valence-corrected chi connectivity index (χ0v) is 10.4. The summed E-state index contributed by atoms with van der Waals surface area (Å²) in [6, 6.07) is 3.37. The number of hydrogen-bond donors (Lipinski definition) is 3. The van der Waals surface area contributed by atoms with Crippen LogP contribution in [0.1, 0.15) is 23.8 Å². The van der Waals surface area contributed by atoms with Crippen LogP contribution < -0.4 is 16.4 Å². The molecule has 0 bridgehead atoms. The lowest BCUT2D eigenvalue weighted by atomic mass is 10.1. The highest BCUT2D eigenvalue weighted by Crippen LogP contribution is 2.16. The van der Waals surface area contributed by atoms with E-state index in [4.69, 9.17) is 16.7 Å². The van der Waals surface area contributed by atoms with Crippen LogP contribution in [0.25, 0.3) is 0 Å². The van der Waals surface area contributed by atoms with Gasteiger partial charge in [0.2, 0.25) is 0 Å².